The first-order valence-electron chi connectivity index (χ1n) is 17.0. The summed E-state index contributed by atoms with van der Waals surface area (Å²) in [5.41, 5.74) is 0.863. The molecule has 0 bridgehead atoms. The lowest BCUT2D eigenvalue weighted by atomic mass is 10.0. The first-order chi connectivity index (χ1) is 19.1. The molecule has 2 rings (SSSR count). The average Bonchev–Trinajstić information content (AvgIpc) is 3.53. The summed E-state index contributed by atoms with van der Waals surface area (Å²) in [4.78, 5) is 11.6. The molecule has 0 radical (unpaired) electrons. The molecule has 2 heterocycles. The standard InChI is InChI=1S/C35H62O4/c1-3-4-5-6-7-8-9-10-11-12-13-14-15-16-20-23-26-33(36)34-28-27-32(39-34)25-22-19-17-18-21-24-31-29-30(2)38-35(31)37/h16,20,29-30,32-34,36H,3-15,17-19,21-28H2,1-2H3/b20-16+/t30-,32+,33-,34-/m0/s1. The summed E-state index contributed by atoms with van der Waals surface area (Å²) in [5.74, 6) is -0.122. The molecule has 4 atom stereocenters. The summed E-state index contributed by atoms with van der Waals surface area (Å²) < 4.78 is 11.3. The molecule has 0 aromatic heterocycles. The molecular formula is C35H62O4. The fraction of sp³-hybridized carbons (Fsp3) is 0.857. The summed E-state index contributed by atoms with van der Waals surface area (Å²) in [5, 5.41) is 10.6. The van der Waals surface area contributed by atoms with E-state index in [2.05, 4.69) is 19.1 Å². The average molecular weight is 547 g/mol. The van der Waals surface area contributed by atoms with Gasteiger partial charge in [0.2, 0.25) is 0 Å². The number of esters is 1. The maximum atomic E-state index is 11.6. The molecule has 4 heteroatoms. The summed E-state index contributed by atoms with van der Waals surface area (Å²) in [7, 11) is 0. The van der Waals surface area contributed by atoms with Crippen LogP contribution in [0.2, 0.25) is 0 Å². The number of carbonyl (C=O) groups excluding carboxylic acids is 1. The van der Waals surface area contributed by atoms with Gasteiger partial charge < -0.3 is 14.6 Å². The second kappa shape index (κ2) is 22.5. The number of ether oxygens (including phenoxy) is 2. The SMILES string of the molecule is CCCCCCCCCCCCCC/C=C/CC[C@H](O)[C@@H]1CC[C@@H](CCCCCCCC2=C[C@H](C)OC2=O)O1. The highest BCUT2D eigenvalue weighted by atomic mass is 16.5. The summed E-state index contributed by atoms with van der Waals surface area (Å²) >= 11 is 0. The Morgan fingerprint density at radius 1 is 0.821 bits per heavy atom. The van der Waals surface area contributed by atoms with E-state index in [1.807, 2.05) is 13.0 Å². The quantitative estimate of drug-likeness (QED) is 0.0703. The molecule has 39 heavy (non-hydrogen) atoms. The molecule has 0 spiro atoms. The van der Waals surface area contributed by atoms with Crippen molar-refractivity contribution in [2.75, 3.05) is 0 Å². The number of cyclic esters (lactones) is 1. The topological polar surface area (TPSA) is 55.8 Å². The van der Waals surface area contributed by atoms with Crippen LogP contribution in [0.3, 0.4) is 0 Å². The maximum Gasteiger partial charge on any atom is 0.334 e. The van der Waals surface area contributed by atoms with Gasteiger partial charge in [-0.3, -0.25) is 0 Å². The van der Waals surface area contributed by atoms with Crippen molar-refractivity contribution in [2.24, 2.45) is 0 Å². The van der Waals surface area contributed by atoms with Crippen molar-refractivity contribution < 1.29 is 19.4 Å². The Hall–Kier alpha value is -1.13. The van der Waals surface area contributed by atoms with Crippen LogP contribution >= 0.6 is 0 Å². The fourth-order valence-electron chi connectivity index (χ4n) is 6.05. The largest absolute Gasteiger partial charge is 0.455 e. The van der Waals surface area contributed by atoms with Gasteiger partial charge in [0.25, 0.3) is 0 Å². The lowest BCUT2D eigenvalue weighted by Crippen LogP contribution is -2.26. The van der Waals surface area contributed by atoms with Crippen molar-refractivity contribution >= 4 is 5.97 Å². The molecule has 0 aliphatic carbocycles. The first-order valence-corrected chi connectivity index (χ1v) is 17.0. The zero-order valence-corrected chi connectivity index (χ0v) is 25.7. The highest BCUT2D eigenvalue weighted by Crippen LogP contribution is 2.28. The number of aliphatic hydroxyl groups excluding tert-OH is 1. The van der Waals surface area contributed by atoms with E-state index in [1.165, 1.54) is 109 Å². The van der Waals surface area contributed by atoms with Gasteiger partial charge in [-0.05, 0) is 70.8 Å². The minimum Gasteiger partial charge on any atom is -0.455 e. The Bertz CT molecular complexity index is 670. The van der Waals surface area contributed by atoms with Crippen molar-refractivity contribution in [3.63, 3.8) is 0 Å². The number of carbonyl (C=O) groups is 1. The van der Waals surface area contributed by atoms with Crippen LogP contribution in [-0.4, -0.2) is 35.5 Å². The predicted octanol–water partition coefficient (Wildman–Crippen LogP) is 9.92. The van der Waals surface area contributed by atoms with E-state index in [4.69, 9.17) is 9.47 Å². The number of hydrogen-bond acceptors (Lipinski definition) is 4. The van der Waals surface area contributed by atoms with Crippen LogP contribution in [0.15, 0.2) is 23.8 Å². The van der Waals surface area contributed by atoms with Crippen molar-refractivity contribution in [3.05, 3.63) is 23.8 Å². The number of rotatable bonds is 25. The van der Waals surface area contributed by atoms with Gasteiger partial charge >= 0.3 is 5.97 Å². The Morgan fingerprint density at radius 3 is 2.05 bits per heavy atom. The monoisotopic (exact) mass is 546 g/mol. The van der Waals surface area contributed by atoms with Gasteiger partial charge in [0.05, 0.1) is 18.3 Å². The van der Waals surface area contributed by atoms with Crippen molar-refractivity contribution in [1.29, 1.82) is 0 Å². The molecule has 1 saturated heterocycles. The summed E-state index contributed by atoms with van der Waals surface area (Å²) in [6.45, 7) is 4.20. The molecule has 1 fully saturated rings. The molecule has 4 nitrogen and oxygen atoms in total. The highest BCUT2D eigenvalue weighted by molar-refractivity contribution is 5.90. The summed E-state index contributed by atoms with van der Waals surface area (Å²) in [6.07, 6.45) is 36.2. The van der Waals surface area contributed by atoms with Crippen LogP contribution in [-0.2, 0) is 14.3 Å². The lowest BCUT2D eigenvalue weighted by molar-refractivity contribution is -0.139. The minimum atomic E-state index is -0.328. The van der Waals surface area contributed by atoms with E-state index in [-0.39, 0.29) is 24.3 Å². The van der Waals surface area contributed by atoms with Crippen molar-refractivity contribution in [1.82, 2.24) is 0 Å². The van der Waals surface area contributed by atoms with E-state index < -0.39 is 0 Å². The van der Waals surface area contributed by atoms with E-state index in [1.54, 1.807) is 0 Å². The Morgan fingerprint density at radius 2 is 1.41 bits per heavy atom. The van der Waals surface area contributed by atoms with Crippen LogP contribution in [0.4, 0.5) is 0 Å². The van der Waals surface area contributed by atoms with Gasteiger partial charge in [0.1, 0.15) is 6.10 Å². The molecule has 0 unspecified atom stereocenters. The number of unbranched alkanes of at least 4 members (excludes halogenated alkanes) is 16. The number of hydrogen-bond donors (Lipinski definition) is 1. The van der Waals surface area contributed by atoms with E-state index in [0.717, 1.165) is 50.5 Å². The molecule has 0 aromatic rings. The molecular weight excluding hydrogens is 484 g/mol. The lowest BCUT2D eigenvalue weighted by Gasteiger charge is -2.19. The van der Waals surface area contributed by atoms with Gasteiger partial charge in [0, 0.05) is 5.57 Å². The van der Waals surface area contributed by atoms with E-state index >= 15 is 0 Å². The van der Waals surface area contributed by atoms with Crippen molar-refractivity contribution in [3.8, 4) is 0 Å². The third-order valence-corrected chi connectivity index (χ3v) is 8.55. The number of aliphatic hydroxyl groups is 1. The highest BCUT2D eigenvalue weighted by Gasteiger charge is 2.29. The minimum absolute atomic E-state index is 0.0292. The van der Waals surface area contributed by atoms with Gasteiger partial charge in [-0.2, -0.15) is 0 Å². The Labute approximate surface area is 241 Å². The zero-order valence-electron chi connectivity index (χ0n) is 25.7. The molecule has 226 valence electrons. The van der Waals surface area contributed by atoms with Crippen LogP contribution in [0.25, 0.3) is 0 Å². The van der Waals surface area contributed by atoms with Crippen molar-refractivity contribution in [2.45, 2.75) is 192 Å². The second-order valence-corrected chi connectivity index (χ2v) is 12.3. The Kier molecular flexibility index (Phi) is 19.7. The van der Waals surface area contributed by atoms with Crippen LogP contribution < -0.4 is 0 Å². The third kappa shape index (κ3) is 16.7. The molecule has 2 aliphatic heterocycles. The van der Waals surface area contributed by atoms with Crippen LogP contribution in [0.5, 0.6) is 0 Å². The van der Waals surface area contributed by atoms with Crippen LogP contribution in [0.1, 0.15) is 168 Å². The van der Waals surface area contributed by atoms with E-state index in [9.17, 15) is 9.90 Å². The molecule has 0 aromatic carbocycles. The predicted molar refractivity (Wildman–Crippen MR) is 164 cm³/mol. The number of allylic oxidation sites excluding steroid dienone is 2. The van der Waals surface area contributed by atoms with E-state index in [0.29, 0.717) is 6.10 Å². The van der Waals surface area contributed by atoms with Crippen LogP contribution in [0, 0.1) is 0 Å². The molecule has 0 saturated carbocycles. The first kappa shape index (κ1) is 34.1. The fourth-order valence-corrected chi connectivity index (χ4v) is 6.05. The second-order valence-electron chi connectivity index (χ2n) is 12.3. The van der Waals surface area contributed by atoms with Gasteiger partial charge in [0.15, 0.2) is 0 Å². The molecule has 2 aliphatic rings. The van der Waals surface area contributed by atoms with Gasteiger partial charge in [-0.25, -0.2) is 4.79 Å². The maximum absolute atomic E-state index is 11.6. The third-order valence-electron chi connectivity index (χ3n) is 8.55. The zero-order chi connectivity index (χ0) is 28.0. The Balaban J connectivity index is 1.34. The smallest absolute Gasteiger partial charge is 0.334 e. The summed E-state index contributed by atoms with van der Waals surface area (Å²) in [6, 6.07) is 0. The van der Waals surface area contributed by atoms with Gasteiger partial charge in [-0.15, -0.1) is 0 Å². The normalized spacial score (nSPS) is 22.1. The van der Waals surface area contributed by atoms with Gasteiger partial charge in [-0.1, -0.05) is 115 Å². The molecule has 1 N–H and O–H groups in total. The molecule has 0 amide bonds.